The molecule has 0 heterocycles. The summed E-state index contributed by atoms with van der Waals surface area (Å²) in [5, 5.41) is 2.03. The molecule has 2 nitrogen and oxygen atoms in total. The monoisotopic (exact) mass is 203 g/mol. The first kappa shape index (κ1) is 10.4. The van der Waals surface area contributed by atoms with Crippen molar-refractivity contribution in [3.05, 3.63) is 34.6 Å². The van der Waals surface area contributed by atoms with Crippen molar-refractivity contribution >= 4 is 11.6 Å². The van der Waals surface area contributed by atoms with Gasteiger partial charge in [-0.1, -0.05) is 17.7 Å². The topological polar surface area (TPSA) is 12.5 Å². The Morgan fingerprint density at radius 3 is 2.77 bits per heavy atom. The second kappa shape index (κ2) is 4.56. The molecule has 0 atom stereocenters. The molecule has 1 aromatic rings. The van der Waals surface area contributed by atoms with Crippen LogP contribution in [-0.2, 0) is 11.4 Å². The molecule has 0 bridgehead atoms. The van der Waals surface area contributed by atoms with E-state index in [0.717, 1.165) is 5.56 Å². The lowest BCUT2D eigenvalue weighted by Crippen LogP contribution is -2.15. The first-order chi connectivity index (χ1) is 6.13. The highest BCUT2D eigenvalue weighted by atomic mass is 35.5. The van der Waals surface area contributed by atoms with Crippen molar-refractivity contribution in [3.63, 3.8) is 0 Å². The van der Waals surface area contributed by atoms with E-state index in [1.165, 1.54) is 12.1 Å². The van der Waals surface area contributed by atoms with Crippen molar-refractivity contribution in [2.45, 2.75) is 6.54 Å². The molecule has 1 aromatic carbocycles. The number of hydrogen-bond donors (Lipinski definition) is 0. The Bertz CT molecular complexity index is 293. The highest BCUT2D eigenvalue weighted by Gasteiger charge is 2.04. The third kappa shape index (κ3) is 2.95. The summed E-state index contributed by atoms with van der Waals surface area (Å²) >= 11 is 5.81. The lowest BCUT2D eigenvalue weighted by molar-refractivity contribution is -0.116. The molecule has 0 aliphatic rings. The standard InChI is InChI=1S/C9H11ClFNO/c1-12(13-2)6-7-3-4-8(11)5-9(7)10/h3-5H,6H2,1-2H3. The summed E-state index contributed by atoms with van der Waals surface area (Å²) in [6, 6.07) is 4.32. The van der Waals surface area contributed by atoms with Gasteiger partial charge in [0.25, 0.3) is 0 Å². The molecule has 0 spiro atoms. The maximum atomic E-state index is 12.6. The smallest absolute Gasteiger partial charge is 0.124 e. The van der Waals surface area contributed by atoms with Gasteiger partial charge in [0.15, 0.2) is 0 Å². The zero-order valence-corrected chi connectivity index (χ0v) is 8.31. The van der Waals surface area contributed by atoms with E-state index < -0.39 is 0 Å². The summed E-state index contributed by atoms with van der Waals surface area (Å²) in [5.41, 5.74) is 0.840. The number of benzene rings is 1. The van der Waals surface area contributed by atoms with Crippen LogP contribution in [-0.4, -0.2) is 19.2 Å². The average molecular weight is 204 g/mol. The van der Waals surface area contributed by atoms with E-state index >= 15 is 0 Å². The molecule has 0 aromatic heterocycles. The minimum Gasteiger partial charge on any atom is -0.302 e. The van der Waals surface area contributed by atoms with Gasteiger partial charge in [-0.2, -0.15) is 5.06 Å². The van der Waals surface area contributed by atoms with Gasteiger partial charge in [-0.3, -0.25) is 0 Å². The van der Waals surface area contributed by atoms with E-state index in [1.807, 2.05) is 0 Å². The zero-order valence-electron chi connectivity index (χ0n) is 7.55. The van der Waals surface area contributed by atoms with Crippen molar-refractivity contribution in [2.75, 3.05) is 14.2 Å². The molecular weight excluding hydrogens is 193 g/mol. The molecule has 0 fully saturated rings. The van der Waals surface area contributed by atoms with Gasteiger partial charge in [0.1, 0.15) is 5.82 Å². The van der Waals surface area contributed by atoms with Gasteiger partial charge in [0.05, 0.1) is 13.7 Å². The van der Waals surface area contributed by atoms with E-state index in [1.54, 1.807) is 25.3 Å². The van der Waals surface area contributed by atoms with Gasteiger partial charge in [-0.15, -0.1) is 0 Å². The summed E-state index contributed by atoms with van der Waals surface area (Å²) < 4.78 is 12.6. The fourth-order valence-corrected chi connectivity index (χ4v) is 1.18. The van der Waals surface area contributed by atoms with Gasteiger partial charge >= 0.3 is 0 Å². The van der Waals surface area contributed by atoms with Crippen molar-refractivity contribution in [2.24, 2.45) is 0 Å². The molecule has 1 rings (SSSR count). The van der Waals surface area contributed by atoms with Crippen LogP contribution in [0.3, 0.4) is 0 Å². The molecule has 0 N–H and O–H groups in total. The predicted octanol–water partition coefficient (Wildman–Crippen LogP) is 2.47. The van der Waals surface area contributed by atoms with Crippen LogP contribution in [0.25, 0.3) is 0 Å². The second-order valence-corrected chi connectivity index (χ2v) is 3.11. The molecule has 0 saturated carbocycles. The molecule has 4 heteroatoms. The van der Waals surface area contributed by atoms with Crippen molar-refractivity contribution < 1.29 is 9.23 Å². The third-order valence-electron chi connectivity index (χ3n) is 1.72. The fraction of sp³-hybridized carbons (Fsp3) is 0.333. The summed E-state index contributed by atoms with van der Waals surface area (Å²) in [4.78, 5) is 4.92. The second-order valence-electron chi connectivity index (χ2n) is 2.70. The summed E-state index contributed by atoms with van der Waals surface area (Å²) in [7, 11) is 3.34. The number of hydrogen-bond acceptors (Lipinski definition) is 2. The zero-order chi connectivity index (χ0) is 9.84. The van der Waals surface area contributed by atoms with E-state index in [9.17, 15) is 4.39 Å². The van der Waals surface area contributed by atoms with Crippen LogP contribution in [0, 0.1) is 5.82 Å². The Morgan fingerprint density at radius 1 is 1.54 bits per heavy atom. The SMILES string of the molecule is CON(C)Cc1ccc(F)cc1Cl. The summed E-state index contributed by atoms with van der Waals surface area (Å²) in [5.74, 6) is -0.325. The summed E-state index contributed by atoms with van der Waals surface area (Å²) in [6.07, 6.45) is 0. The molecular formula is C9H11ClFNO. The predicted molar refractivity (Wildman–Crippen MR) is 49.9 cm³/mol. The minimum absolute atomic E-state index is 0.325. The lowest BCUT2D eigenvalue weighted by atomic mass is 10.2. The van der Waals surface area contributed by atoms with E-state index in [-0.39, 0.29) is 5.82 Å². The molecule has 0 unspecified atom stereocenters. The molecule has 0 aliphatic carbocycles. The van der Waals surface area contributed by atoms with Gasteiger partial charge in [0.2, 0.25) is 0 Å². The van der Waals surface area contributed by atoms with Crippen molar-refractivity contribution in [3.8, 4) is 0 Å². The number of rotatable bonds is 3. The van der Waals surface area contributed by atoms with Gasteiger partial charge in [-0.25, -0.2) is 4.39 Å². The van der Waals surface area contributed by atoms with Crippen LogP contribution < -0.4 is 0 Å². The molecule has 0 amide bonds. The van der Waals surface area contributed by atoms with Crippen LogP contribution in [0.4, 0.5) is 4.39 Å². The highest BCUT2D eigenvalue weighted by Crippen LogP contribution is 2.18. The van der Waals surface area contributed by atoms with Crippen LogP contribution in [0.15, 0.2) is 18.2 Å². The van der Waals surface area contributed by atoms with Crippen molar-refractivity contribution in [1.29, 1.82) is 0 Å². The fourth-order valence-electron chi connectivity index (χ4n) is 0.954. The Morgan fingerprint density at radius 2 is 2.23 bits per heavy atom. The normalized spacial score (nSPS) is 10.8. The van der Waals surface area contributed by atoms with Gasteiger partial charge in [-0.05, 0) is 17.7 Å². The number of nitrogens with zero attached hydrogens (tertiary/aromatic N) is 1. The quantitative estimate of drug-likeness (QED) is 0.700. The van der Waals surface area contributed by atoms with Crippen LogP contribution in [0.2, 0.25) is 5.02 Å². The minimum atomic E-state index is -0.325. The molecule has 13 heavy (non-hydrogen) atoms. The maximum absolute atomic E-state index is 12.6. The number of hydroxylamine groups is 2. The summed E-state index contributed by atoms with van der Waals surface area (Å²) in [6.45, 7) is 0.537. The molecule has 0 saturated heterocycles. The Hall–Kier alpha value is -0.640. The molecule has 0 radical (unpaired) electrons. The molecule has 72 valence electrons. The van der Waals surface area contributed by atoms with Crippen LogP contribution in [0.1, 0.15) is 5.56 Å². The van der Waals surface area contributed by atoms with Crippen molar-refractivity contribution in [1.82, 2.24) is 5.06 Å². The van der Waals surface area contributed by atoms with E-state index in [0.29, 0.717) is 11.6 Å². The molecule has 0 aliphatic heterocycles. The van der Waals surface area contributed by atoms with E-state index in [4.69, 9.17) is 16.4 Å². The maximum Gasteiger partial charge on any atom is 0.124 e. The van der Waals surface area contributed by atoms with Crippen LogP contribution in [0.5, 0.6) is 0 Å². The first-order valence-electron chi connectivity index (χ1n) is 3.82. The van der Waals surface area contributed by atoms with E-state index in [2.05, 4.69) is 0 Å². The third-order valence-corrected chi connectivity index (χ3v) is 2.07. The van der Waals surface area contributed by atoms with Gasteiger partial charge < -0.3 is 4.84 Å². The first-order valence-corrected chi connectivity index (χ1v) is 4.20. The number of halogens is 2. The Balaban J connectivity index is 2.77. The lowest BCUT2D eigenvalue weighted by Gasteiger charge is -2.14. The van der Waals surface area contributed by atoms with Crippen LogP contribution >= 0.6 is 11.6 Å². The highest BCUT2D eigenvalue weighted by molar-refractivity contribution is 6.31. The average Bonchev–Trinajstić information content (AvgIpc) is 2.09. The Kier molecular flexibility index (Phi) is 3.66. The van der Waals surface area contributed by atoms with Gasteiger partial charge in [0, 0.05) is 12.1 Å². The largest absolute Gasteiger partial charge is 0.302 e. The Labute approximate surface area is 81.8 Å².